The molecule has 0 atom stereocenters. The molecular weight excluding hydrogens is 512 g/mol. The summed E-state index contributed by atoms with van der Waals surface area (Å²) in [4.78, 5) is 24.3. The molecular formula is C27H36N10O3. The molecule has 0 amide bonds. The van der Waals surface area contributed by atoms with Crippen LogP contribution in [0.25, 0.3) is 11.0 Å². The third-order valence-electron chi connectivity index (χ3n) is 6.31. The normalized spacial score (nSPS) is 10.9. The number of aryl methyl sites for hydroxylation is 1. The van der Waals surface area contributed by atoms with Gasteiger partial charge in [-0.1, -0.05) is 56.0 Å². The van der Waals surface area contributed by atoms with Gasteiger partial charge < -0.3 is 21.3 Å². The standard InChI is InChI=1S/C27H36N10O3/c1-3-4-15-29-25-32-26(34-27(33-25)31-18-20-11-9-19(2)10-12-20)30-17-8-6-5-7-16-28-21-13-14-22(37(38)39)24-23(21)35-40-36-24/h9-14,28H,3-8,15-18H2,1-2H3,(H3,29,30,31,32,33,34). The Labute approximate surface area is 232 Å². The monoisotopic (exact) mass is 548 g/mol. The number of nitrogens with one attached hydrogen (secondary N) is 4. The van der Waals surface area contributed by atoms with Gasteiger partial charge in [-0.15, -0.1) is 0 Å². The van der Waals surface area contributed by atoms with Crippen LogP contribution in [0.4, 0.5) is 29.2 Å². The highest BCUT2D eigenvalue weighted by Crippen LogP contribution is 2.28. The van der Waals surface area contributed by atoms with Gasteiger partial charge in [-0.25, -0.2) is 4.63 Å². The van der Waals surface area contributed by atoms with Gasteiger partial charge in [0.2, 0.25) is 23.4 Å². The first kappa shape index (κ1) is 28.5. The van der Waals surface area contributed by atoms with E-state index in [1.54, 1.807) is 6.07 Å². The second kappa shape index (κ2) is 14.6. The van der Waals surface area contributed by atoms with Gasteiger partial charge in [0.25, 0.3) is 0 Å². The summed E-state index contributed by atoms with van der Waals surface area (Å²) in [7, 11) is 0. The molecule has 2 aromatic carbocycles. The zero-order chi connectivity index (χ0) is 28.2. The minimum atomic E-state index is -0.492. The van der Waals surface area contributed by atoms with Gasteiger partial charge in [0.05, 0.1) is 10.6 Å². The van der Waals surface area contributed by atoms with E-state index in [9.17, 15) is 10.1 Å². The van der Waals surface area contributed by atoms with Crippen LogP contribution in [0.2, 0.25) is 0 Å². The minimum absolute atomic E-state index is 0.120. The molecule has 13 nitrogen and oxygen atoms in total. The number of aromatic nitrogens is 5. The fraction of sp³-hybridized carbons (Fsp3) is 0.444. The number of rotatable bonds is 17. The van der Waals surface area contributed by atoms with Crippen LogP contribution < -0.4 is 21.3 Å². The number of unbranched alkanes of at least 4 members (excludes halogenated alkanes) is 4. The lowest BCUT2D eigenvalue weighted by molar-refractivity contribution is -0.383. The van der Waals surface area contributed by atoms with Gasteiger partial charge in [-0.05, 0) is 48.1 Å². The molecule has 2 heterocycles. The summed E-state index contributed by atoms with van der Waals surface area (Å²) in [6, 6.07) is 11.4. The number of nitro benzene ring substituents is 1. The van der Waals surface area contributed by atoms with Crippen molar-refractivity contribution >= 4 is 40.3 Å². The van der Waals surface area contributed by atoms with Crippen molar-refractivity contribution in [2.24, 2.45) is 0 Å². The van der Waals surface area contributed by atoms with Gasteiger partial charge in [0, 0.05) is 32.2 Å². The molecule has 0 saturated heterocycles. The Morgan fingerprint density at radius 1 is 0.750 bits per heavy atom. The number of hydrogen-bond donors (Lipinski definition) is 4. The van der Waals surface area contributed by atoms with Crippen LogP contribution in [0.15, 0.2) is 41.0 Å². The minimum Gasteiger partial charge on any atom is -0.383 e. The van der Waals surface area contributed by atoms with E-state index >= 15 is 0 Å². The molecule has 4 rings (SSSR count). The molecule has 2 aromatic heterocycles. The Morgan fingerprint density at radius 2 is 1.35 bits per heavy atom. The SMILES string of the molecule is CCCCNc1nc(NCCCCCCNc2ccc([N+](=O)[O-])c3nonc23)nc(NCc2ccc(C)cc2)n1. The number of non-ortho nitro benzene ring substituents is 1. The summed E-state index contributed by atoms with van der Waals surface area (Å²) in [6.45, 7) is 7.12. The molecule has 4 aromatic rings. The molecule has 0 saturated carbocycles. The van der Waals surface area contributed by atoms with Gasteiger partial charge in [-0.3, -0.25) is 10.1 Å². The zero-order valence-corrected chi connectivity index (χ0v) is 22.9. The molecule has 0 spiro atoms. The summed E-state index contributed by atoms with van der Waals surface area (Å²) in [6.07, 6.45) is 6.08. The average Bonchev–Trinajstić information content (AvgIpc) is 3.44. The Kier molecular flexibility index (Phi) is 10.4. The first-order chi connectivity index (χ1) is 19.5. The molecule has 0 bridgehead atoms. The first-order valence-electron chi connectivity index (χ1n) is 13.7. The van der Waals surface area contributed by atoms with Gasteiger partial charge in [0.15, 0.2) is 5.52 Å². The smallest absolute Gasteiger partial charge is 0.300 e. The molecule has 212 valence electrons. The first-order valence-corrected chi connectivity index (χ1v) is 13.7. The van der Waals surface area contributed by atoms with Crippen molar-refractivity contribution in [1.29, 1.82) is 0 Å². The average molecular weight is 549 g/mol. The maximum Gasteiger partial charge on any atom is 0.300 e. The van der Waals surface area contributed by atoms with Crippen molar-refractivity contribution in [2.45, 2.75) is 58.9 Å². The maximum atomic E-state index is 11.1. The summed E-state index contributed by atoms with van der Waals surface area (Å²) in [5, 5.41) is 31.8. The molecule has 0 aliphatic carbocycles. The molecule has 0 aliphatic rings. The van der Waals surface area contributed by atoms with Crippen LogP contribution in [0.5, 0.6) is 0 Å². The summed E-state index contributed by atoms with van der Waals surface area (Å²) < 4.78 is 4.71. The molecule has 40 heavy (non-hydrogen) atoms. The van der Waals surface area contributed by atoms with Crippen molar-refractivity contribution in [3.05, 3.63) is 57.6 Å². The molecule has 0 radical (unpaired) electrons. The fourth-order valence-corrected chi connectivity index (χ4v) is 4.05. The third kappa shape index (κ3) is 8.22. The summed E-state index contributed by atoms with van der Waals surface area (Å²) >= 11 is 0. The van der Waals surface area contributed by atoms with Crippen LogP contribution in [0.3, 0.4) is 0 Å². The number of anilines is 4. The Balaban J connectivity index is 1.20. The lowest BCUT2D eigenvalue weighted by Crippen LogP contribution is -2.13. The van der Waals surface area contributed by atoms with E-state index in [-0.39, 0.29) is 11.2 Å². The van der Waals surface area contributed by atoms with E-state index in [0.717, 1.165) is 57.2 Å². The molecule has 0 fully saturated rings. The predicted molar refractivity (Wildman–Crippen MR) is 156 cm³/mol. The van der Waals surface area contributed by atoms with Crippen molar-refractivity contribution < 1.29 is 9.55 Å². The van der Waals surface area contributed by atoms with Crippen molar-refractivity contribution in [3.63, 3.8) is 0 Å². The van der Waals surface area contributed by atoms with E-state index in [1.165, 1.54) is 11.6 Å². The molecule has 0 aliphatic heterocycles. The lowest BCUT2D eigenvalue weighted by atomic mass is 10.1. The Hall–Kier alpha value is -4.55. The number of fused-ring (bicyclic) bond motifs is 1. The molecule has 0 unspecified atom stereocenters. The zero-order valence-electron chi connectivity index (χ0n) is 22.9. The van der Waals surface area contributed by atoms with E-state index < -0.39 is 4.92 Å². The van der Waals surface area contributed by atoms with Crippen molar-refractivity contribution in [1.82, 2.24) is 25.3 Å². The van der Waals surface area contributed by atoms with Gasteiger partial charge >= 0.3 is 5.69 Å². The van der Waals surface area contributed by atoms with Crippen molar-refractivity contribution in [3.8, 4) is 0 Å². The second-order valence-electron chi connectivity index (χ2n) is 9.54. The van der Waals surface area contributed by atoms with E-state index in [4.69, 9.17) is 4.63 Å². The molecule has 13 heteroatoms. The second-order valence-corrected chi connectivity index (χ2v) is 9.54. The van der Waals surface area contributed by atoms with E-state index in [2.05, 4.69) is 84.6 Å². The molecule has 4 N–H and O–H groups in total. The predicted octanol–water partition coefficient (Wildman–Crippen LogP) is 5.53. The van der Waals surface area contributed by atoms with E-state index in [1.807, 2.05) is 0 Å². The van der Waals surface area contributed by atoms with Crippen LogP contribution in [0.1, 0.15) is 56.6 Å². The van der Waals surface area contributed by atoms with Gasteiger partial charge in [0.1, 0.15) is 0 Å². The maximum absolute atomic E-state index is 11.1. The number of nitro groups is 1. The number of hydrogen-bond acceptors (Lipinski definition) is 12. The van der Waals surface area contributed by atoms with Crippen LogP contribution in [-0.2, 0) is 6.54 Å². The highest BCUT2D eigenvalue weighted by Gasteiger charge is 2.19. The summed E-state index contributed by atoms with van der Waals surface area (Å²) in [5.74, 6) is 1.64. The van der Waals surface area contributed by atoms with Crippen LogP contribution in [0, 0.1) is 17.0 Å². The largest absolute Gasteiger partial charge is 0.383 e. The fourth-order valence-electron chi connectivity index (χ4n) is 4.05. The number of benzene rings is 2. The topological polar surface area (TPSA) is 169 Å². The van der Waals surface area contributed by atoms with Gasteiger partial charge in [-0.2, -0.15) is 15.0 Å². The quantitative estimate of drug-likeness (QED) is 0.0740. The number of nitrogens with zero attached hydrogens (tertiary/aromatic N) is 6. The van der Waals surface area contributed by atoms with Crippen LogP contribution >= 0.6 is 0 Å². The van der Waals surface area contributed by atoms with E-state index in [0.29, 0.717) is 42.1 Å². The third-order valence-corrected chi connectivity index (χ3v) is 6.31. The lowest BCUT2D eigenvalue weighted by Gasteiger charge is -2.11. The highest BCUT2D eigenvalue weighted by atomic mass is 16.6. The Bertz CT molecular complexity index is 1380. The summed E-state index contributed by atoms with van der Waals surface area (Å²) in [5.41, 5.74) is 3.46. The highest BCUT2D eigenvalue weighted by molar-refractivity contribution is 5.93. The Morgan fingerprint density at radius 3 is 2.00 bits per heavy atom. The van der Waals surface area contributed by atoms with Crippen LogP contribution in [-0.4, -0.2) is 49.8 Å². The van der Waals surface area contributed by atoms with Crippen molar-refractivity contribution in [2.75, 3.05) is 40.9 Å².